The second-order valence-electron chi connectivity index (χ2n) is 10.5. The summed E-state index contributed by atoms with van der Waals surface area (Å²) in [6.07, 6.45) is 0. The summed E-state index contributed by atoms with van der Waals surface area (Å²) in [4.78, 5) is 0. The highest BCUT2D eigenvalue weighted by Crippen LogP contribution is 2.47. The van der Waals surface area contributed by atoms with E-state index in [1.807, 2.05) is 0 Å². The van der Waals surface area contributed by atoms with Crippen molar-refractivity contribution in [3.05, 3.63) is 181 Å². The maximum Gasteiger partial charge on any atom is 0.143 e. The first-order valence-electron chi connectivity index (χ1n) is 29.4. The summed E-state index contributed by atoms with van der Waals surface area (Å²) in [5.41, 5.74) is -7.63. The van der Waals surface area contributed by atoms with Crippen molar-refractivity contribution < 1.29 is 45.5 Å². The Morgan fingerprint density at radius 2 is 0.776 bits per heavy atom. The lowest BCUT2D eigenvalue weighted by Crippen LogP contribution is -1.92. The molecule has 0 saturated heterocycles. The van der Waals surface area contributed by atoms with Crippen LogP contribution in [-0.4, -0.2) is 0 Å². The van der Waals surface area contributed by atoms with Crippen LogP contribution in [0.3, 0.4) is 0 Å². The Kier molecular flexibility index (Phi) is 2.50. The first kappa shape index (κ1) is 11.1. The predicted octanol–water partition coefficient (Wildman–Crippen LogP) is 13.7. The van der Waals surface area contributed by atoms with Gasteiger partial charge in [-0.3, -0.25) is 0 Å². The van der Waals surface area contributed by atoms with E-state index in [9.17, 15) is 13.7 Å². The molecule has 0 spiro atoms. The molecule has 0 aliphatic rings. The van der Waals surface area contributed by atoms with Crippen LogP contribution >= 0.6 is 0 Å². The molecule has 0 aliphatic carbocycles. The summed E-state index contributed by atoms with van der Waals surface area (Å²) < 4.78 is 277. The van der Waals surface area contributed by atoms with E-state index in [0.29, 0.717) is 0 Å². The molecule has 0 fully saturated rings. The summed E-state index contributed by atoms with van der Waals surface area (Å²) in [6, 6.07) is -29.6. The third kappa shape index (κ3) is 4.26. The van der Waals surface area contributed by atoms with Gasteiger partial charge in [0.15, 0.2) is 0 Å². The van der Waals surface area contributed by atoms with Crippen molar-refractivity contribution in [3.8, 4) is 44.5 Å². The monoisotopic (exact) mass is 652 g/mol. The van der Waals surface area contributed by atoms with Gasteiger partial charge in [0.25, 0.3) is 0 Å². The molecular weight excluding hydrogens is 593 g/mol. The molecule has 0 unspecified atom stereocenters. The summed E-state index contributed by atoms with van der Waals surface area (Å²) in [5.74, 6) is 0. The molecule has 49 heavy (non-hydrogen) atoms. The highest BCUT2D eigenvalue weighted by Gasteiger charge is 2.21. The summed E-state index contributed by atoms with van der Waals surface area (Å²) >= 11 is 0. The van der Waals surface area contributed by atoms with Crippen molar-refractivity contribution in [3.63, 3.8) is 0 Å². The normalized spacial score (nSPS) is 20.2. The fourth-order valence-electron chi connectivity index (χ4n) is 6.03. The number of para-hydroxylation sites is 1. The quantitative estimate of drug-likeness (QED) is 0.172. The molecule has 1 heterocycles. The van der Waals surface area contributed by atoms with E-state index in [0.717, 1.165) is 0 Å². The minimum Gasteiger partial charge on any atom is -0.455 e. The summed E-state index contributed by atoms with van der Waals surface area (Å²) in [5, 5.41) is -5.90. The fraction of sp³-hybridized carbons (Fsp3) is 0. The first-order valence-corrected chi connectivity index (χ1v) is 14.4. The molecule has 0 amide bonds. The molecule has 9 aromatic carbocycles. The van der Waals surface area contributed by atoms with E-state index in [4.69, 9.17) is 31.8 Å². The lowest BCUT2D eigenvalue weighted by atomic mass is 9.83. The van der Waals surface area contributed by atoms with Crippen LogP contribution in [0.25, 0.3) is 98.8 Å². The number of fused-ring (bicyclic) bond motifs is 6. The molecular formula is C48H30O. The van der Waals surface area contributed by atoms with Crippen LogP contribution in [0.2, 0.25) is 0 Å². The van der Waals surface area contributed by atoms with Crippen molar-refractivity contribution in [1.29, 1.82) is 0 Å². The third-order valence-corrected chi connectivity index (χ3v) is 8.00. The molecule has 0 saturated carbocycles. The maximum absolute atomic E-state index is 9.97. The van der Waals surface area contributed by atoms with E-state index in [-0.39, 0.29) is 0 Å². The number of furan rings is 1. The molecule has 1 aromatic heterocycles. The zero-order chi connectivity index (χ0) is 58.4. The summed E-state index contributed by atoms with van der Waals surface area (Å²) in [6.45, 7) is 0. The van der Waals surface area contributed by atoms with Crippen LogP contribution in [-0.2, 0) is 0 Å². The standard InChI is InChI=1S/C48H30O/c1-3-15-31(16-4-1)33-25-14-28-44-47(33)43-27-13-26-42(48(43)49-44)36-29-30-41(35-20-8-7-19-34(35)36)46-39-23-11-9-21-37(39)45(32-17-5-2-6-18-32)38-22-10-12-24-40(38)46/h1-30H/i1D,2D,3D,4D,5D,6D,7D,8D,9D,10D,11D,12D,13D,14D,15D,16D,17D,18D,19D,20D,21D,22D,23D,24D,25D,26D,27D,28D,29D,30D. The SMILES string of the molecule is [2H]c1c([2H])c([2H])c(-c2c3c([2H])c([2H])c([2H])c([2H])c3c(-c3c([2H])c([2H])c(-c4c([2H])c([2H])c([2H])c5c4oc4c([2H])c([2H])c([2H])c(-c6c([2H])c([2H])c([2H])c([2H])c6[2H])c45)c4c([2H])c([2H])c([2H])c([2H])c34)c3c([2H])c([2H])c([2H])c([2H])c23)c([2H])c1[2H]. The Hall–Kier alpha value is -6.44. The largest absolute Gasteiger partial charge is 0.455 e. The predicted molar refractivity (Wildman–Crippen MR) is 208 cm³/mol. The Labute approximate surface area is 326 Å². The number of benzene rings is 9. The van der Waals surface area contributed by atoms with Crippen LogP contribution in [0.15, 0.2) is 186 Å². The number of rotatable bonds is 4. The zero-order valence-electron chi connectivity index (χ0n) is 54.4. The minimum absolute atomic E-state index is 0.555. The fourth-order valence-corrected chi connectivity index (χ4v) is 6.03. The topological polar surface area (TPSA) is 13.1 Å². The smallest absolute Gasteiger partial charge is 0.143 e. The second-order valence-corrected chi connectivity index (χ2v) is 10.5. The van der Waals surface area contributed by atoms with Gasteiger partial charge in [0, 0.05) is 16.3 Å². The average Bonchev–Trinajstić information content (AvgIpc) is 3.39. The van der Waals surface area contributed by atoms with Crippen LogP contribution in [0, 0.1) is 0 Å². The van der Waals surface area contributed by atoms with Gasteiger partial charge in [-0.15, -0.1) is 0 Å². The Morgan fingerprint density at radius 1 is 0.306 bits per heavy atom. The van der Waals surface area contributed by atoms with Crippen LogP contribution in [0.5, 0.6) is 0 Å². The highest BCUT2D eigenvalue weighted by molar-refractivity contribution is 6.24. The molecule has 0 radical (unpaired) electrons. The van der Waals surface area contributed by atoms with Crippen LogP contribution in [0.4, 0.5) is 0 Å². The molecule has 1 nitrogen and oxygen atoms in total. The van der Waals surface area contributed by atoms with Gasteiger partial charge in [-0.25, -0.2) is 0 Å². The highest BCUT2D eigenvalue weighted by atomic mass is 16.3. The van der Waals surface area contributed by atoms with Gasteiger partial charge in [0.1, 0.15) is 11.2 Å². The van der Waals surface area contributed by atoms with E-state index in [2.05, 4.69) is 0 Å². The lowest BCUT2D eigenvalue weighted by molar-refractivity contribution is 0.670. The van der Waals surface area contributed by atoms with Gasteiger partial charge in [0.2, 0.25) is 0 Å². The molecule has 0 bridgehead atoms. The van der Waals surface area contributed by atoms with Crippen LogP contribution < -0.4 is 0 Å². The van der Waals surface area contributed by atoms with E-state index < -0.39 is 280 Å². The lowest BCUT2D eigenvalue weighted by Gasteiger charge is -2.19. The minimum atomic E-state index is -1.15. The number of hydrogen-bond donors (Lipinski definition) is 0. The number of hydrogen-bond acceptors (Lipinski definition) is 1. The molecule has 0 N–H and O–H groups in total. The second kappa shape index (κ2) is 11.1. The van der Waals surface area contributed by atoms with Gasteiger partial charge in [-0.05, 0) is 77.3 Å². The molecule has 228 valence electrons. The first-order chi connectivity index (χ1) is 36.8. The van der Waals surface area contributed by atoms with Crippen molar-refractivity contribution in [1.82, 2.24) is 0 Å². The van der Waals surface area contributed by atoms with Crippen molar-refractivity contribution in [2.45, 2.75) is 0 Å². The molecule has 0 atom stereocenters. The summed E-state index contributed by atoms with van der Waals surface area (Å²) in [7, 11) is 0. The van der Waals surface area contributed by atoms with Gasteiger partial charge in [0.05, 0.1) is 41.1 Å². The van der Waals surface area contributed by atoms with Gasteiger partial charge in [-0.2, -0.15) is 0 Å². The van der Waals surface area contributed by atoms with Crippen molar-refractivity contribution in [2.24, 2.45) is 0 Å². The van der Waals surface area contributed by atoms with E-state index in [1.165, 1.54) is 0 Å². The zero-order valence-corrected chi connectivity index (χ0v) is 24.4. The molecule has 10 aromatic rings. The molecule has 1 heteroatoms. The van der Waals surface area contributed by atoms with Gasteiger partial charge in [-0.1, -0.05) is 175 Å². The average molecular weight is 653 g/mol. The van der Waals surface area contributed by atoms with Crippen LogP contribution in [0.1, 0.15) is 41.1 Å². The van der Waals surface area contributed by atoms with Crippen molar-refractivity contribution >= 4 is 54.3 Å². The molecule has 10 rings (SSSR count). The van der Waals surface area contributed by atoms with Gasteiger partial charge < -0.3 is 4.42 Å². The van der Waals surface area contributed by atoms with E-state index >= 15 is 0 Å². The Balaban J connectivity index is 1.52. The van der Waals surface area contributed by atoms with Crippen molar-refractivity contribution in [2.75, 3.05) is 0 Å². The van der Waals surface area contributed by atoms with E-state index in [1.54, 1.807) is 0 Å². The Bertz CT molecular complexity index is 4460. The Morgan fingerprint density at radius 3 is 1.43 bits per heavy atom. The maximum atomic E-state index is 9.97. The third-order valence-electron chi connectivity index (χ3n) is 8.00. The van der Waals surface area contributed by atoms with Gasteiger partial charge >= 0.3 is 0 Å². The molecule has 0 aliphatic heterocycles.